The zero-order valence-corrected chi connectivity index (χ0v) is 10.4. The van der Waals surface area contributed by atoms with Gasteiger partial charge in [-0.05, 0) is 24.6 Å². The van der Waals surface area contributed by atoms with Gasteiger partial charge in [0.25, 0.3) is 5.91 Å². The van der Waals surface area contributed by atoms with E-state index in [0.29, 0.717) is 5.75 Å². The Labute approximate surface area is 107 Å². The molecule has 0 saturated carbocycles. The summed E-state index contributed by atoms with van der Waals surface area (Å²) < 4.78 is 10.6. The van der Waals surface area contributed by atoms with Crippen molar-refractivity contribution in [3.8, 4) is 22.1 Å². The van der Waals surface area contributed by atoms with Crippen LogP contribution in [0, 0.1) is 6.92 Å². The van der Waals surface area contributed by atoms with Crippen LogP contribution >= 0.6 is 11.3 Å². The highest BCUT2D eigenvalue weighted by Crippen LogP contribution is 2.39. The fourth-order valence-electron chi connectivity index (χ4n) is 1.78. The average molecular weight is 262 g/mol. The molecule has 1 aliphatic heterocycles. The van der Waals surface area contributed by atoms with E-state index in [0.717, 1.165) is 21.9 Å². The van der Waals surface area contributed by atoms with Gasteiger partial charge in [-0.25, -0.2) is 4.98 Å². The van der Waals surface area contributed by atoms with Gasteiger partial charge in [-0.3, -0.25) is 4.79 Å². The van der Waals surface area contributed by atoms with E-state index in [9.17, 15) is 4.79 Å². The highest BCUT2D eigenvalue weighted by atomic mass is 32.1. The number of aromatic nitrogens is 1. The predicted molar refractivity (Wildman–Crippen MR) is 66.9 cm³/mol. The zero-order chi connectivity index (χ0) is 12.7. The summed E-state index contributed by atoms with van der Waals surface area (Å²) in [4.78, 5) is 15.3. The van der Waals surface area contributed by atoms with E-state index in [1.807, 2.05) is 19.1 Å². The third kappa shape index (κ3) is 1.70. The fourth-order valence-corrected chi connectivity index (χ4v) is 2.67. The maximum Gasteiger partial charge on any atom is 0.268 e. The number of carbonyl (C=O) groups is 1. The second-order valence-electron chi connectivity index (χ2n) is 3.92. The SMILES string of the molecule is Cc1cc2c(cc1-c1nc(C(N)=O)cs1)OCO2. The molecule has 2 heterocycles. The van der Waals surface area contributed by atoms with Crippen molar-refractivity contribution in [3.05, 3.63) is 28.8 Å². The fraction of sp³-hybridized carbons (Fsp3) is 0.167. The number of hydrogen-bond acceptors (Lipinski definition) is 5. The first-order valence-electron chi connectivity index (χ1n) is 5.31. The molecule has 1 aliphatic rings. The van der Waals surface area contributed by atoms with Crippen LogP contribution in [0.3, 0.4) is 0 Å². The van der Waals surface area contributed by atoms with Crippen molar-refractivity contribution < 1.29 is 14.3 Å². The molecule has 0 saturated heterocycles. The highest BCUT2D eigenvalue weighted by Gasteiger charge is 2.18. The molecule has 6 heteroatoms. The Morgan fingerprint density at radius 2 is 2.11 bits per heavy atom. The largest absolute Gasteiger partial charge is 0.454 e. The van der Waals surface area contributed by atoms with Crippen LogP contribution in [0.4, 0.5) is 0 Å². The van der Waals surface area contributed by atoms with E-state index in [2.05, 4.69) is 4.98 Å². The molecule has 0 radical (unpaired) electrons. The Morgan fingerprint density at radius 1 is 1.39 bits per heavy atom. The predicted octanol–water partition coefficient (Wildman–Crippen LogP) is 1.95. The van der Waals surface area contributed by atoms with Gasteiger partial charge in [0.1, 0.15) is 10.7 Å². The Kier molecular flexibility index (Phi) is 2.45. The number of fused-ring (bicyclic) bond motifs is 1. The van der Waals surface area contributed by atoms with Gasteiger partial charge in [0.15, 0.2) is 11.5 Å². The molecule has 0 unspecified atom stereocenters. The molecule has 1 aromatic heterocycles. The first-order valence-corrected chi connectivity index (χ1v) is 6.19. The lowest BCUT2D eigenvalue weighted by molar-refractivity contribution is 0.0996. The van der Waals surface area contributed by atoms with Crippen molar-refractivity contribution in [3.63, 3.8) is 0 Å². The topological polar surface area (TPSA) is 74.4 Å². The van der Waals surface area contributed by atoms with Crippen LogP contribution in [-0.2, 0) is 0 Å². The van der Waals surface area contributed by atoms with E-state index in [4.69, 9.17) is 15.2 Å². The summed E-state index contributed by atoms with van der Waals surface area (Å²) in [6.07, 6.45) is 0. The maximum absolute atomic E-state index is 11.0. The van der Waals surface area contributed by atoms with Gasteiger partial charge in [-0.15, -0.1) is 11.3 Å². The second kappa shape index (κ2) is 3.99. The highest BCUT2D eigenvalue weighted by molar-refractivity contribution is 7.13. The summed E-state index contributed by atoms with van der Waals surface area (Å²) in [6, 6.07) is 3.78. The van der Waals surface area contributed by atoms with Crippen LogP contribution in [-0.4, -0.2) is 17.7 Å². The summed E-state index contributed by atoms with van der Waals surface area (Å²) >= 11 is 1.38. The molecular formula is C12H10N2O3S. The number of primary amides is 1. The molecule has 2 N–H and O–H groups in total. The van der Waals surface area contributed by atoms with Crippen LogP contribution in [0.2, 0.25) is 0 Å². The Hall–Kier alpha value is -2.08. The van der Waals surface area contributed by atoms with Gasteiger partial charge in [0.2, 0.25) is 6.79 Å². The molecule has 1 aromatic carbocycles. The van der Waals surface area contributed by atoms with Gasteiger partial charge in [-0.2, -0.15) is 0 Å². The van der Waals surface area contributed by atoms with Gasteiger partial charge in [-0.1, -0.05) is 0 Å². The van der Waals surface area contributed by atoms with Crippen molar-refractivity contribution in [2.75, 3.05) is 6.79 Å². The molecule has 5 nitrogen and oxygen atoms in total. The summed E-state index contributed by atoms with van der Waals surface area (Å²) in [5.74, 6) is 0.922. The lowest BCUT2D eigenvalue weighted by Crippen LogP contribution is -2.10. The molecule has 3 rings (SSSR count). The number of thiazole rings is 1. The molecule has 0 fully saturated rings. The first kappa shape index (κ1) is 11.0. The Morgan fingerprint density at radius 3 is 2.78 bits per heavy atom. The maximum atomic E-state index is 11.0. The van der Waals surface area contributed by atoms with Crippen LogP contribution in [0.5, 0.6) is 11.5 Å². The molecule has 18 heavy (non-hydrogen) atoms. The first-order chi connectivity index (χ1) is 8.65. The van der Waals surface area contributed by atoms with Crippen LogP contribution < -0.4 is 15.2 Å². The number of nitrogens with zero attached hydrogens (tertiary/aromatic N) is 1. The summed E-state index contributed by atoms with van der Waals surface area (Å²) in [7, 11) is 0. The van der Waals surface area contributed by atoms with Crippen LogP contribution in [0.25, 0.3) is 10.6 Å². The minimum absolute atomic E-state index is 0.239. The van der Waals surface area contributed by atoms with Gasteiger partial charge >= 0.3 is 0 Å². The van der Waals surface area contributed by atoms with Gasteiger partial charge in [0, 0.05) is 10.9 Å². The molecule has 1 amide bonds. The number of hydrogen-bond donors (Lipinski definition) is 1. The molecule has 92 valence electrons. The van der Waals surface area contributed by atoms with E-state index in [1.165, 1.54) is 11.3 Å². The van der Waals surface area contributed by atoms with E-state index >= 15 is 0 Å². The van der Waals surface area contributed by atoms with Gasteiger partial charge in [0.05, 0.1) is 0 Å². The van der Waals surface area contributed by atoms with E-state index in [-0.39, 0.29) is 12.5 Å². The van der Waals surface area contributed by atoms with Crippen molar-refractivity contribution in [2.45, 2.75) is 6.92 Å². The minimum atomic E-state index is -0.518. The molecule has 0 atom stereocenters. The van der Waals surface area contributed by atoms with Crippen molar-refractivity contribution in [1.29, 1.82) is 0 Å². The molecular weight excluding hydrogens is 252 g/mol. The summed E-state index contributed by atoms with van der Waals surface area (Å²) in [5.41, 5.74) is 7.42. The van der Waals surface area contributed by atoms with Crippen LogP contribution in [0.1, 0.15) is 16.1 Å². The smallest absolute Gasteiger partial charge is 0.268 e. The average Bonchev–Trinajstić information content (AvgIpc) is 2.94. The van der Waals surface area contributed by atoms with Gasteiger partial charge < -0.3 is 15.2 Å². The van der Waals surface area contributed by atoms with Crippen molar-refractivity contribution >= 4 is 17.2 Å². The van der Waals surface area contributed by atoms with E-state index < -0.39 is 5.91 Å². The Bertz CT molecular complexity index is 636. The number of carbonyl (C=O) groups excluding carboxylic acids is 1. The Balaban J connectivity index is 2.08. The minimum Gasteiger partial charge on any atom is -0.454 e. The third-order valence-electron chi connectivity index (χ3n) is 2.71. The third-order valence-corrected chi connectivity index (χ3v) is 3.58. The lowest BCUT2D eigenvalue weighted by atomic mass is 10.1. The standard InChI is InChI=1S/C12H10N2O3S/c1-6-2-9-10(17-5-16-9)3-7(6)12-14-8(4-18-12)11(13)15/h2-4H,5H2,1H3,(H2,13,15). The molecule has 2 aromatic rings. The lowest BCUT2D eigenvalue weighted by Gasteiger charge is -2.04. The number of aryl methyl sites for hydroxylation is 1. The second-order valence-corrected chi connectivity index (χ2v) is 4.78. The van der Waals surface area contributed by atoms with Crippen molar-refractivity contribution in [1.82, 2.24) is 4.98 Å². The summed E-state index contributed by atoms with van der Waals surface area (Å²) in [5, 5.41) is 2.40. The molecule has 0 bridgehead atoms. The number of ether oxygens (including phenoxy) is 2. The zero-order valence-electron chi connectivity index (χ0n) is 9.60. The monoisotopic (exact) mass is 262 g/mol. The van der Waals surface area contributed by atoms with Crippen molar-refractivity contribution in [2.24, 2.45) is 5.73 Å². The summed E-state index contributed by atoms with van der Waals surface area (Å²) in [6.45, 7) is 2.20. The normalized spacial score (nSPS) is 12.7. The number of nitrogens with two attached hydrogens (primary N) is 1. The van der Waals surface area contributed by atoms with Crippen LogP contribution in [0.15, 0.2) is 17.5 Å². The molecule has 0 aliphatic carbocycles. The number of amides is 1. The van der Waals surface area contributed by atoms with E-state index in [1.54, 1.807) is 5.38 Å². The molecule has 0 spiro atoms. The number of benzene rings is 1. The number of rotatable bonds is 2. The quantitative estimate of drug-likeness (QED) is 0.897.